The van der Waals surface area contributed by atoms with Gasteiger partial charge in [0.2, 0.25) is 0 Å². The molecule has 220 valence electrons. The molecule has 4 saturated carbocycles. The maximum atomic E-state index is 14.2. The van der Waals surface area contributed by atoms with Gasteiger partial charge in [-0.15, -0.1) is 5.92 Å². The van der Waals surface area contributed by atoms with Gasteiger partial charge in [0, 0.05) is 30.3 Å². The van der Waals surface area contributed by atoms with Crippen LogP contribution < -0.4 is 0 Å². The van der Waals surface area contributed by atoms with Crippen molar-refractivity contribution in [2.24, 2.45) is 33.5 Å². The molecule has 6 atom stereocenters. The SMILES string of the molecule is C[C@@]1(C2CCCCC2)CCC[C@@]2(C)[C@H]1[C@H]1C[C@](C)(C#CCC3(CCCCC3)C(=O)O1)[C@]2(O)CCC1=CC(=O)OC1. The Labute approximate surface area is 241 Å². The molecule has 0 unspecified atom stereocenters. The molecule has 0 aromatic rings. The lowest BCUT2D eigenvalue weighted by Gasteiger charge is -2.69. The molecule has 0 aromatic carbocycles. The van der Waals surface area contributed by atoms with Gasteiger partial charge in [-0.3, -0.25) is 4.79 Å². The second kappa shape index (κ2) is 10.2. The van der Waals surface area contributed by atoms with Crippen molar-refractivity contribution in [1.29, 1.82) is 0 Å². The molecule has 2 bridgehead atoms. The van der Waals surface area contributed by atoms with Gasteiger partial charge < -0.3 is 14.6 Å². The molecule has 6 rings (SSSR count). The quantitative estimate of drug-likeness (QED) is 0.300. The fourth-order valence-corrected chi connectivity index (χ4v) is 10.8. The summed E-state index contributed by atoms with van der Waals surface area (Å²) in [5, 5.41) is 13.2. The molecule has 5 heteroatoms. The number of fused-ring (bicyclic) bond motifs is 4. The first-order valence-electron chi connectivity index (χ1n) is 16.4. The molecule has 4 aliphatic carbocycles. The minimum atomic E-state index is -1.08. The number of aliphatic hydroxyl groups is 1. The smallest absolute Gasteiger partial charge is 0.331 e. The molecule has 0 amide bonds. The van der Waals surface area contributed by atoms with Gasteiger partial charge in [-0.05, 0) is 75.2 Å². The molecule has 0 aromatic heterocycles. The summed E-state index contributed by atoms with van der Waals surface area (Å²) in [5.41, 5.74) is -1.79. The molecular formula is C35H50O5. The highest BCUT2D eigenvalue weighted by Gasteiger charge is 2.71. The molecule has 40 heavy (non-hydrogen) atoms. The molecule has 4 fully saturated rings. The first-order valence-corrected chi connectivity index (χ1v) is 16.4. The van der Waals surface area contributed by atoms with Gasteiger partial charge in [-0.25, -0.2) is 4.79 Å². The Balaban J connectivity index is 1.46. The number of rotatable bonds is 4. The lowest BCUT2D eigenvalue weighted by molar-refractivity contribution is -0.278. The van der Waals surface area contributed by atoms with E-state index in [1.807, 2.05) is 0 Å². The minimum absolute atomic E-state index is 0.000586. The third-order valence-corrected chi connectivity index (χ3v) is 13.0. The van der Waals surface area contributed by atoms with Crippen molar-refractivity contribution in [3.05, 3.63) is 11.6 Å². The lowest BCUT2D eigenvalue weighted by atomic mass is 9.38. The van der Waals surface area contributed by atoms with Crippen molar-refractivity contribution in [3.8, 4) is 11.8 Å². The Morgan fingerprint density at radius 2 is 1.68 bits per heavy atom. The van der Waals surface area contributed by atoms with E-state index in [4.69, 9.17) is 9.47 Å². The summed E-state index contributed by atoms with van der Waals surface area (Å²) in [6.07, 6.45) is 18.1. The van der Waals surface area contributed by atoms with Crippen LogP contribution in [0.15, 0.2) is 11.6 Å². The van der Waals surface area contributed by atoms with Crippen LogP contribution in [0.25, 0.3) is 0 Å². The zero-order valence-electron chi connectivity index (χ0n) is 25.1. The minimum Gasteiger partial charge on any atom is -0.462 e. The van der Waals surface area contributed by atoms with Gasteiger partial charge in [-0.1, -0.05) is 64.7 Å². The summed E-state index contributed by atoms with van der Waals surface area (Å²) >= 11 is 0. The second-order valence-electron chi connectivity index (χ2n) is 15.2. The Morgan fingerprint density at radius 3 is 2.38 bits per heavy atom. The average molecular weight is 551 g/mol. The molecule has 1 spiro atoms. The van der Waals surface area contributed by atoms with E-state index >= 15 is 0 Å². The highest BCUT2D eigenvalue weighted by Crippen LogP contribution is 2.70. The number of carbonyl (C=O) groups is 2. The van der Waals surface area contributed by atoms with Crippen LogP contribution in [0.5, 0.6) is 0 Å². The molecule has 1 N–H and O–H groups in total. The topological polar surface area (TPSA) is 72.8 Å². The van der Waals surface area contributed by atoms with E-state index in [1.165, 1.54) is 38.5 Å². The van der Waals surface area contributed by atoms with E-state index < -0.39 is 21.8 Å². The molecule has 5 nitrogen and oxygen atoms in total. The monoisotopic (exact) mass is 550 g/mol. The zero-order chi connectivity index (χ0) is 28.2. The largest absolute Gasteiger partial charge is 0.462 e. The maximum absolute atomic E-state index is 14.2. The van der Waals surface area contributed by atoms with Crippen LogP contribution in [-0.4, -0.2) is 35.4 Å². The molecular weight excluding hydrogens is 500 g/mol. The van der Waals surface area contributed by atoms with Gasteiger partial charge in [-0.2, -0.15) is 0 Å². The van der Waals surface area contributed by atoms with Crippen LogP contribution in [0, 0.1) is 45.3 Å². The van der Waals surface area contributed by atoms with Gasteiger partial charge in [0.05, 0.1) is 16.4 Å². The first-order chi connectivity index (χ1) is 19.1. The number of carbonyl (C=O) groups excluding carboxylic acids is 2. The fourth-order valence-electron chi connectivity index (χ4n) is 10.8. The molecule has 6 aliphatic rings. The summed E-state index contributed by atoms with van der Waals surface area (Å²) < 4.78 is 12.0. The van der Waals surface area contributed by atoms with Gasteiger partial charge in [0.1, 0.15) is 12.7 Å². The average Bonchev–Trinajstić information content (AvgIpc) is 3.37. The van der Waals surface area contributed by atoms with Crippen LogP contribution >= 0.6 is 0 Å². The first kappa shape index (κ1) is 28.3. The van der Waals surface area contributed by atoms with Crippen molar-refractivity contribution in [3.63, 3.8) is 0 Å². The molecule has 2 heterocycles. The van der Waals surface area contributed by atoms with Crippen LogP contribution in [0.3, 0.4) is 0 Å². The van der Waals surface area contributed by atoms with Crippen molar-refractivity contribution >= 4 is 11.9 Å². The van der Waals surface area contributed by atoms with Crippen molar-refractivity contribution in [2.75, 3.05) is 6.61 Å². The Bertz CT molecular complexity index is 1120. The third-order valence-electron chi connectivity index (χ3n) is 13.0. The Kier molecular flexibility index (Phi) is 7.21. The Hall–Kier alpha value is -1.80. The maximum Gasteiger partial charge on any atom is 0.331 e. The summed E-state index contributed by atoms with van der Waals surface area (Å²) in [6.45, 7) is 7.23. The van der Waals surface area contributed by atoms with Crippen LogP contribution in [0.4, 0.5) is 0 Å². The number of hydrogen-bond donors (Lipinski definition) is 1. The summed E-state index contributed by atoms with van der Waals surface area (Å²) in [4.78, 5) is 26.0. The summed E-state index contributed by atoms with van der Waals surface area (Å²) in [5.74, 6) is 7.51. The Morgan fingerprint density at radius 1 is 0.950 bits per heavy atom. The highest BCUT2D eigenvalue weighted by atomic mass is 16.5. The molecule has 0 saturated heterocycles. The lowest BCUT2D eigenvalue weighted by Crippen LogP contribution is -2.71. The number of hydrogen-bond acceptors (Lipinski definition) is 5. The van der Waals surface area contributed by atoms with Gasteiger partial charge in [0.15, 0.2) is 0 Å². The number of cyclic esters (lactones) is 1. The summed E-state index contributed by atoms with van der Waals surface area (Å²) in [7, 11) is 0. The van der Waals surface area contributed by atoms with E-state index in [-0.39, 0.29) is 29.4 Å². The van der Waals surface area contributed by atoms with Crippen LogP contribution in [-0.2, 0) is 19.1 Å². The van der Waals surface area contributed by atoms with Crippen LogP contribution in [0.2, 0.25) is 0 Å². The van der Waals surface area contributed by atoms with Gasteiger partial charge in [0.25, 0.3) is 0 Å². The molecule has 2 aliphatic heterocycles. The number of esters is 2. The fraction of sp³-hybridized carbons (Fsp3) is 0.829. The highest BCUT2D eigenvalue weighted by molar-refractivity contribution is 5.85. The van der Waals surface area contributed by atoms with E-state index in [2.05, 4.69) is 32.6 Å². The number of ether oxygens (including phenoxy) is 2. The van der Waals surface area contributed by atoms with Crippen molar-refractivity contribution < 1.29 is 24.2 Å². The van der Waals surface area contributed by atoms with E-state index in [9.17, 15) is 14.7 Å². The van der Waals surface area contributed by atoms with E-state index in [1.54, 1.807) is 6.08 Å². The third kappa shape index (κ3) is 4.29. The second-order valence-corrected chi connectivity index (χ2v) is 15.2. The molecule has 0 radical (unpaired) electrons. The standard InChI is InChI=1S/C35H50O5/c1-31-15-10-20-34(18-8-5-9-19-34)30(37)40-27(23-31)29-32(2,26-12-6-4-7-13-26)16-11-17-33(29,3)35(31,38)21-14-25-22-28(36)39-24-25/h22,26-27,29,38H,4-9,11-14,16-21,23-24H2,1-3H3/t27-,29+,31+,32+,33+,35-/m1/s1. The van der Waals surface area contributed by atoms with Crippen molar-refractivity contribution in [1.82, 2.24) is 0 Å². The van der Waals surface area contributed by atoms with Crippen molar-refractivity contribution in [2.45, 2.75) is 142 Å². The zero-order valence-corrected chi connectivity index (χ0v) is 25.1. The predicted molar refractivity (Wildman–Crippen MR) is 154 cm³/mol. The predicted octanol–water partition coefficient (Wildman–Crippen LogP) is 7.05. The summed E-state index contributed by atoms with van der Waals surface area (Å²) in [6, 6.07) is 0. The van der Waals surface area contributed by atoms with Gasteiger partial charge >= 0.3 is 11.9 Å². The normalized spacial score (nSPS) is 43.2. The van der Waals surface area contributed by atoms with Crippen LogP contribution in [0.1, 0.15) is 130 Å². The van der Waals surface area contributed by atoms with E-state index in [0.717, 1.165) is 50.5 Å². The van der Waals surface area contributed by atoms with E-state index in [0.29, 0.717) is 38.2 Å².